The van der Waals surface area contributed by atoms with Crippen LogP contribution in [-0.4, -0.2) is 46.1 Å². The highest BCUT2D eigenvalue weighted by Gasteiger charge is 2.18. The molecule has 0 aliphatic carbocycles. The number of fused-ring (bicyclic) bond motifs is 2. The van der Waals surface area contributed by atoms with E-state index in [4.69, 9.17) is 0 Å². The summed E-state index contributed by atoms with van der Waals surface area (Å²) >= 11 is 0. The number of hydrogen-bond donors (Lipinski definition) is 2. The Bertz CT molecular complexity index is 2170. The molecule has 2 aromatic heterocycles. The van der Waals surface area contributed by atoms with Crippen LogP contribution < -0.4 is 20.9 Å². The third-order valence-corrected chi connectivity index (χ3v) is 10.3. The van der Waals surface area contributed by atoms with E-state index in [0.29, 0.717) is 16.8 Å². The number of nitrogens with one attached hydrogen (secondary N) is 2. The molecule has 2 fully saturated rings. The Balaban J connectivity index is 0.000000157. The standard InChI is InChI=1S/2C21H23N3O/c1-15-6-4-5-13-24(14-15)17-11-9-16(10-12-17)20-18-7-2-3-8-19(18)21(25)23-22-20;1-15-7-3-2-6-14-24(15)17-12-10-16(11-13-17)20-18-8-4-5-9-19(18)21(25)23-22-20/h2-3,7-12,15H,4-6,13-14H2,1H3,(H,23,25);4-5,8-13,15H,2-3,6-7,14H2,1H3,(H,23,25). The van der Waals surface area contributed by atoms with Gasteiger partial charge in [-0.05, 0) is 74.9 Å². The van der Waals surface area contributed by atoms with E-state index in [2.05, 4.69) is 92.6 Å². The van der Waals surface area contributed by atoms with Crippen molar-refractivity contribution < 1.29 is 0 Å². The lowest BCUT2D eigenvalue weighted by Crippen LogP contribution is -2.32. The first-order valence-electron chi connectivity index (χ1n) is 18.1. The van der Waals surface area contributed by atoms with Gasteiger partial charge in [0.2, 0.25) is 0 Å². The molecule has 8 nitrogen and oxygen atoms in total. The Morgan fingerprint density at radius 3 is 1.64 bits per heavy atom. The molecule has 50 heavy (non-hydrogen) atoms. The molecule has 2 aliphatic rings. The lowest BCUT2D eigenvalue weighted by Gasteiger charge is -2.29. The molecule has 8 rings (SSSR count). The second-order valence-corrected chi connectivity index (χ2v) is 13.9. The van der Waals surface area contributed by atoms with E-state index in [1.807, 2.05) is 48.5 Å². The maximum Gasteiger partial charge on any atom is 0.272 e. The fourth-order valence-corrected chi connectivity index (χ4v) is 7.56. The normalized spacial score (nSPS) is 18.3. The van der Waals surface area contributed by atoms with Crippen LogP contribution in [0.3, 0.4) is 0 Å². The van der Waals surface area contributed by atoms with Gasteiger partial charge in [0.15, 0.2) is 0 Å². The van der Waals surface area contributed by atoms with Crippen LogP contribution in [0, 0.1) is 5.92 Å². The first-order chi connectivity index (χ1) is 24.5. The van der Waals surface area contributed by atoms with Gasteiger partial charge in [0.25, 0.3) is 11.1 Å². The van der Waals surface area contributed by atoms with E-state index in [-0.39, 0.29) is 11.1 Å². The minimum Gasteiger partial charge on any atom is -0.371 e. The van der Waals surface area contributed by atoms with E-state index in [1.165, 1.54) is 56.3 Å². The van der Waals surface area contributed by atoms with Crippen molar-refractivity contribution in [3.05, 3.63) is 118 Å². The predicted octanol–water partition coefficient (Wildman–Crippen LogP) is 8.58. The summed E-state index contributed by atoms with van der Waals surface area (Å²) in [5.41, 5.74) is 5.95. The molecule has 4 aromatic carbocycles. The summed E-state index contributed by atoms with van der Waals surface area (Å²) in [6.07, 6.45) is 9.07. The fraction of sp³-hybridized carbons (Fsp3) is 0.333. The van der Waals surface area contributed by atoms with Crippen LogP contribution in [0.1, 0.15) is 58.8 Å². The van der Waals surface area contributed by atoms with E-state index >= 15 is 0 Å². The summed E-state index contributed by atoms with van der Waals surface area (Å²) in [7, 11) is 0. The van der Waals surface area contributed by atoms with Crippen molar-refractivity contribution in [1.29, 1.82) is 0 Å². The zero-order valence-electron chi connectivity index (χ0n) is 29.1. The molecule has 0 spiro atoms. The zero-order chi connectivity index (χ0) is 34.5. The van der Waals surface area contributed by atoms with Crippen molar-refractivity contribution in [2.24, 2.45) is 5.92 Å². The number of rotatable bonds is 4. The summed E-state index contributed by atoms with van der Waals surface area (Å²) in [4.78, 5) is 28.9. The lowest BCUT2D eigenvalue weighted by atomic mass is 10.0. The van der Waals surface area contributed by atoms with Crippen LogP contribution in [0.2, 0.25) is 0 Å². The summed E-state index contributed by atoms with van der Waals surface area (Å²) < 4.78 is 0. The number of nitrogens with zero attached hydrogens (tertiary/aromatic N) is 4. The van der Waals surface area contributed by atoms with Crippen molar-refractivity contribution in [3.8, 4) is 22.5 Å². The van der Waals surface area contributed by atoms with Crippen LogP contribution in [0.4, 0.5) is 11.4 Å². The van der Waals surface area contributed by atoms with Crippen molar-refractivity contribution in [2.75, 3.05) is 29.4 Å². The second kappa shape index (κ2) is 15.1. The van der Waals surface area contributed by atoms with Gasteiger partial charge in [-0.2, -0.15) is 10.2 Å². The average Bonchev–Trinajstić information content (AvgIpc) is 3.52. The maximum absolute atomic E-state index is 12.0. The molecule has 0 radical (unpaired) electrons. The molecular formula is C42H46N6O2. The SMILES string of the molecule is CC1CCCCCN1c1ccc(-c2n[nH]c(=O)c3ccccc23)cc1.CC1CCCCN(c2ccc(-c3n[nH]c(=O)c4ccccc34)cc2)C1. The first kappa shape index (κ1) is 33.3. The summed E-state index contributed by atoms with van der Waals surface area (Å²) in [5.74, 6) is 0.743. The fourth-order valence-electron chi connectivity index (χ4n) is 7.56. The molecule has 2 aliphatic heterocycles. The number of aromatic amines is 2. The number of H-pyrrole nitrogens is 2. The second-order valence-electron chi connectivity index (χ2n) is 13.9. The van der Waals surface area contributed by atoms with Crippen LogP contribution in [0.15, 0.2) is 107 Å². The maximum atomic E-state index is 12.0. The lowest BCUT2D eigenvalue weighted by molar-refractivity contribution is 0.545. The largest absolute Gasteiger partial charge is 0.371 e. The summed E-state index contributed by atoms with van der Waals surface area (Å²) in [5, 5.41) is 17.0. The number of benzene rings is 4. The average molecular weight is 667 g/mol. The van der Waals surface area contributed by atoms with Gasteiger partial charge in [0.1, 0.15) is 0 Å². The van der Waals surface area contributed by atoms with E-state index in [0.717, 1.165) is 58.8 Å². The van der Waals surface area contributed by atoms with Gasteiger partial charge in [-0.25, -0.2) is 10.2 Å². The number of anilines is 2. The molecule has 256 valence electrons. The molecule has 0 saturated carbocycles. The van der Waals surface area contributed by atoms with Gasteiger partial charge in [0, 0.05) is 59.0 Å². The highest BCUT2D eigenvalue weighted by Crippen LogP contribution is 2.30. The molecule has 2 saturated heterocycles. The van der Waals surface area contributed by atoms with E-state index in [9.17, 15) is 9.59 Å². The van der Waals surface area contributed by atoms with Crippen molar-refractivity contribution in [3.63, 3.8) is 0 Å². The molecule has 0 bridgehead atoms. The van der Waals surface area contributed by atoms with Crippen molar-refractivity contribution >= 4 is 32.9 Å². The molecule has 4 heterocycles. The first-order valence-corrected chi connectivity index (χ1v) is 18.1. The Kier molecular flexibility index (Phi) is 10.1. The molecule has 6 aromatic rings. The monoisotopic (exact) mass is 666 g/mol. The molecule has 2 N–H and O–H groups in total. The van der Waals surface area contributed by atoms with Gasteiger partial charge < -0.3 is 9.80 Å². The Morgan fingerprint density at radius 2 is 1.06 bits per heavy atom. The zero-order valence-corrected chi connectivity index (χ0v) is 29.1. The predicted molar refractivity (Wildman–Crippen MR) is 206 cm³/mol. The van der Waals surface area contributed by atoms with Crippen molar-refractivity contribution in [2.45, 2.75) is 64.8 Å². The highest BCUT2D eigenvalue weighted by molar-refractivity contribution is 5.94. The van der Waals surface area contributed by atoms with Gasteiger partial charge in [-0.15, -0.1) is 0 Å². The van der Waals surface area contributed by atoms with Gasteiger partial charge in [-0.1, -0.05) is 86.8 Å². The molecule has 8 heteroatoms. The quantitative estimate of drug-likeness (QED) is 0.196. The topological polar surface area (TPSA) is 98.0 Å². The Morgan fingerprint density at radius 1 is 0.560 bits per heavy atom. The van der Waals surface area contributed by atoms with Gasteiger partial charge in [-0.3, -0.25) is 9.59 Å². The van der Waals surface area contributed by atoms with E-state index in [1.54, 1.807) is 0 Å². The van der Waals surface area contributed by atoms with Crippen LogP contribution in [-0.2, 0) is 0 Å². The molecule has 2 unspecified atom stereocenters. The van der Waals surface area contributed by atoms with Gasteiger partial charge >= 0.3 is 0 Å². The number of aromatic nitrogens is 4. The van der Waals surface area contributed by atoms with Crippen LogP contribution >= 0.6 is 0 Å². The summed E-state index contributed by atoms with van der Waals surface area (Å²) in [6, 6.07) is 33.0. The molecule has 2 atom stereocenters. The molecular weight excluding hydrogens is 621 g/mol. The minimum absolute atomic E-state index is 0.144. The third-order valence-electron chi connectivity index (χ3n) is 10.3. The van der Waals surface area contributed by atoms with Crippen LogP contribution in [0.5, 0.6) is 0 Å². The molecule has 0 amide bonds. The summed E-state index contributed by atoms with van der Waals surface area (Å²) in [6.45, 7) is 8.03. The Labute approximate surface area is 293 Å². The van der Waals surface area contributed by atoms with Crippen molar-refractivity contribution in [1.82, 2.24) is 20.4 Å². The van der Waals surface area contributed by atoms with Gasteiger partial charge in [0.05, 0.1) is 22.2 Å². The minimum atomic E-state index is -0.144. The Hall–Kier alpha value is -5.24. The third kappa shape index (κ3) is 7.20. The number of hydrogen-bond acceptors (Lipinski definition) is 6. The smallest absolute Gasteiger partial charge is 0.272 e. The van der Waals surface area contributed by atoms with Crippen LogP contribution in [0.25, 0.3) is 44.1 Å². The van der Waals surface area contributed by atoms with E-state index < -0.39 is 0 Å². The highest BCUT2D eigenvalue weighted by atomic mass is 16.1.